The number of piperidine rings is 2. The Morgan fingerprint density at radius 3 is 2.52 bits per heavy atom. The summed E-state index contributed by atoms with van der Waals surface area (Å²) < 4.78 is 11.9. The van der Waals surface area contributed by atoms with Crippen molar-refractivity contribution < 1.29 is 14.3 Å². The summed E-state index contributed by atoms with van der Waals surface area (Å²) in [7, 11) is 1.87. The maximum absolute atomic E-state index is 11.3. The number of hydrogen-bond donors (Lipinski definition) is 2. The quantitative estimate of drug-likeness (QED) is 0.323. The van der Waals surface area contributed by atoms with E-state index in [4.69, 9.17) is 15.2 Å². The smallest absolute Gasteiger partial charge is 0.220 e. The molecule has 1 unspecified atom stereocenters. The van der Waals surface area contributed by atoms with E-state index < -0.39 is 0 Å². The first-order valence-corrected chi connectivity index (χ1v) is 12.4. The van der Waals surface area contributed by atoms with Gasteiger partial charge in [-0.05, 0) is 77.4 Å². The predicted molar refractivity (Wildman–Crippen MR) is 123 cm³/mol. The molecule has 1 amide bonds. The van der Waals surface area contributed by atoms with Crippen molar-refractivity contribution in [3.8, 4) is 0 Å². The first-order chi connectivity index (χ1) is 15.2. The van der Waals surface area contributed by atoms with Crippen LogP contribution in [-0.4, -0.2) is 93.4 Å². The molecule has 0 aromatic carbocycles. The minimum absolute atomic E-state index is 0.0800. The van der Waals surface area contributed by atoms with Crippen molar-refractivity contribution in [2.75, 3.05) is 59.5 Å². The molecule has 3 rings (SSSR count). The summed E-state index contributed by atoms with van der Waals surface area (Å²) in [6, 6.07) is 0. The fraction of sp³-hybridized carbons (Fsp3) is 0.913. The molecule has 0 bridgehead atoms. The van der Waals surface area contributed by atoms with Crippen LogP contribution < -0.4 is 11.1 Å². The maximum Gasteiger partial charge on any atom is 0.220 e. The lowest BCUT2D eigenvalue weighted by Gasteiger charge is -2.35. The normalized spacial score (nSPS) is 25.0. The van der Waals surface area contributed by atoms with E-state index in [1.807, 2.05) is 7.05 Å². The van der Waals surface area contributed by atoms with Crippen molar-refractivity contribution in [3.05, 3.63) is 0 Å². The summed E-state index contributed by atoms with van der Waals surface area (Å²) in [6.45, 7) is 7.65. The van der Waals surface area contributed by atoms with E-state index in [-0.39, 0.29) is 11.8 Å². The fourth-order valence-electron chi connectivity index (χ4n) is 4.85. The highest BCUT2D eigenvalue weighted by atomic mass is 16.5. The van der Waals surface area contributed by atoms with E-state index >= 15 is 0 Å². The molecule has 1 atom stereocenters. The van der Waals surface area contributed by atoms with Gasteiger partial charge in [0.2, 0.25) is 5.91 Å². The van der Waals surface area contributed by atoms with Crippen LogP contribution in [0.2, 0.25) is 0 Å². The lowest BCUT2D eigenvalue weighted by Crippen LogP contribution is -2.47. The number of ether oxygens (including phenoxy) is 2. The van der Waals surface area contributed by atoms with Crippen LogP contribution in [0.1, 0.15) is 57.8 Å². The molecular formula is C23H43N5O3. The Morgan fingerprint density at radius 1 is 1.10 bits per heavy atom. The minimum atomic E-state index is -0.135. The van der Waals surface area contributed by atoms with Gasteiger partial charge in [-0.2, -0.15) is 0 Å². The Labute approximate surface area is 187 Å². The molecule has 0 saturated carbocycles. The number of carbonyl (C=O) groups excluding carboxylic acids is 1. The fourth-order valence-corrected chi connectivity index (χ4v) is 4.85. The molecule has 3 heterocycles. The number of guanidine groups is 1. The van der Waals surface area contributed by atoms with Crippen molar-refractivity contribution in [1.29, 1.82) is 0 Å². The van der Waals surface area contributed by atoms with Crippen LogP contribution in [0.15, 0.2) is 4.99 Å². The molecule has 0 aliphatic carbocycles. The molecule has 178 valence electrons. The maximum atomic E-state index is 11.3. The van der Waals surface area contributed by atoms with Crippen LogP contribution in [-0.2, 0) is 14.3 Å². The number of nitrogens with two attached hydrogens (primary N) is 1. The molecule has 3 N–H and O–H groups in total. The number of unbranched alkanes of at least 4 members (excludes halogenated alkanes) is 1. The SMILES string of the molecule is CN=C(NCCCCN1CCC(C(N)=O)CC1)N1CCC(OCC2CCCCO2)CC1. The minimum Gasteiger partial charge on any atom is -0.376 e. The summed E-state index contributed by atoms with van der Waals surface area (Å²) in [6.07, 6.45) is 10.4. The Balaban J connectivity index is 1.23. The van der Waals surface area contributed by atoms with Crippen LogP contribution in [0.3, 0.4) is 0 Å². The monoisotopic (exact) mass is 437 g/mol. The topological polar surface area (TPSA) is 92.4 Å². The van der Waals surface area contributed by atoms with Gasteiger partial charge in [0.15, 0.2) is 5.96 Å². The van der Waals surface area contributed by atoms with E-state index in [0.717, 1.165) is 103 Å². The zero-order chi connectivity index (χ0) is 21.9. The number of aliphatic imine (C=N–C) groups is 1. The van der Waals surface area contributed by atoms with Gasteiger partial charge < -0.3 is 30.3 Å². The van der Waals surface area contributed by atoms with Gasteiger partial charge in [-0.25, -0.2) is 0 Å². The highest BCUT2D eigenvalue weighted by molar-refractivity contribution is 5.79. The Bertz CT molecular complexity index is 551. The standard InChI is InChI=1S/C23H43N5O3/c1-25-23(26-11-3-4-12-27-13-7-19(8-14-27)22(24)29)28-15-9-20(10-16-28)31-18-21-6-2-5-17-30-21/h19-21H,2-18H2,1H3,(H2,24,29)(H,25,26). The second-order valence-electron chi connectivity index (χ2n) is 9.21. The molecule has 3 aliphatic rings. The van der Waals surface area contributed by atoms with Crippen LogP contribution >= 0.6 is 0 Å². The van der Waals surface area contributed by atoms with Crippen molar-refractivity contribution in [2.24, 2.45) is 16.6 Å². The third kappa shape index (κ3) is 8.24. The molecule has 0 spiro atoms. The molecule has 8 heteroatoms. The highest BCUT2D eigenvalue weighted by Gasteiger charge is 2.24. The molecule has 31 heavy (non-hydrogen) atoms. The summed E-state index contributed by atoms with van der Waals surface area (Å²) in [5.74, 6) is 0.955. The lowest BCUT2D eigenvalue weighted by molar-refractivity contribution is -0.123. The van der Waals surface area contributed by atoms with E-state index in [0.29, 0.717) is 12.2 Å². The van der Waals surface area contributed by atoms with Gasteiger partial charge in [0.05, 0.1) is 18.8 Å². The first kappa shape index (κ1) is 24.3. The van der Waals surface area contributed by atoms with Gasteiger partial charge in [0.25, 0.3) is 0 Å². The van der Waals surface area contributed by atoms with Crippen LogP contribution in [0.25, 0.3) is 0 Å². The zero-order valence-electron chi connectivity index (χ0n) is 19.4. The number of carbonyl (C=O) groups is 1. The molecule has 0 radical (unpaired) electrons. The Morgan fingerprint density at radius 2 is 1.87 bits per heavy atom. The molecule has 8 nitrogen and oxygen atoms in total. The highest BCUT2D eigenvalue weighted by Crippen LogP contribution is 2.18. The molecule has 0 aromatic rings. The number of nitrogens with one attached hydrogen (secondary N) is 1. The van der Waals surface area contributed by atoms with Gasteiger partial charge in [0, 0.05) is 39.2 Å². The van der Waals surface area contributed by atoms with Gasteiger partial charge in [-0.15, -0.1) is 0 Å². The van der Waals surface area contributed by atoms with Crippen LogP contribution in [0.5, 0.6) is 0 Å². The van der Waals surface area contributed by atoms with E-state index in [9.17, 15) is 4.79 Å². The summed E-state index contributed by atoms with van der Waals surface area (Å²) >= 11 is 0. The predicted octanol–water partition coefficient (Wildman–Crippen LogP) is 1.59. The second kappa shape index (κ2) is 13.2. The van der Waals surface area contributed by atoms with Crippen LogP contribution in [0, 0.1) is 5.92 Å². The van der Waals surface area contributed by atoms with E-state index in [2.05, 4.69) is 20.1 Å². The van der Waals surface area contributed by atoms with Gasteiger partial charge in [-0.1, -0.05) is 0 Å². The second-order valence-corrected chi connectivity index (χ2v) is 9.21. The average molecular weight is 438 g/mol. The van der Waals surface area contributed by atoms with Crippen molar-refractivity contribution >= 4 is 11.9 Å². The first-order valence-electron chi connectivity index (χ1n) is 12.4. The number of nitrogens with zero attached hydrogens (tertiary/aromatic N) is 3. The number of primary amides is 1. The summed E-state index contributed by atoms with van der Waals surface area (Å²) in [5, 5.41) is 3.53. The third-order valence-corrected chi connectivity index (χ3v) is 6.92. The van der Waals surface area contributed by atoms with Gasteiger partial charge in [0.1, 0.15) is 0 Å². The van der Waals surface area contributed by atoms with E-state index in [1.165, 1.54) is 12.8 Å². The Kier molecular flexibility index (Phi) is 10.4. The third-order valence-electron chi connectivity index (χ3n) is 6.92. The largest absolute Gasteiger partial charge is 0.376 e. The van der Waals surface area contributed by atoms with E-state index in [1.54, 1.807) is 0 Å². The van der Waals surface area contributed by atoms with Gasteiger partial charge >= 0.3 is 0 Å². The molecule has 3 fully saturated rings. The van der Waals surface area contributed by atoms with Crippen molar-refractivity contribution in [2.45, 2.75) is 70.0 Å². The molecule has 3 aliphatic heterocycles. The Hall–Kier alpha value is -1.38. The summed E-state index contributed by atoms with van der Waals surface area (Å²) in [5.41, 5.74) is 5.42. The van der Waals surface area contributed by atoms with Crippen molar-refractivity contribution in [1.82, 2.24) is 15.1 Å². The number of amides is 1. The lowest BCUT2D eigenvalue weighted by atomic mass is 9.96. The molecular weight excluding hydrogens is 394 g/mol. The van der Waals surface area contributed by atoms with Gasteiger partial charge in [-0.3, -0.25) is 9.79 Å². The molecule has 0 aromatic heterocycles. The van der Waals surface area contributed by atoms with Crippen LogP contribution in [0.4, 0.5) is 0 Å². The zero-order valence-corrected chi connectivity index (χ0v) is 19.4. The number of rotatable bonds is 9. The number of likely N-dealkylation sites (tertiary alicyclic amines) is 2. The summed E-state index contributed by atoms with van der Waals surface area (Å²) in [4.78, 5) is 20.6. The van der Waals surface area contributed by atoms with Crippen molar-refractivity contribution in [3.63, 3.8) is 0 Å². The number of hydrogen-bond acceptors (Lipinski definition) is 5. The average Bonchev–Trinajstić information content (AvgIpc) is 2.81. The molecule has 3 saturated heterocycles.